The van der Waals surface area contributed by atoms with Gasteiger partial charge in [-0.25, -0.2) is 4.98 Å². The summed E-state index contributed by atoms with van der Waals surface area (Å²) in [6, 6.07) is 3.16. The van der Waals surface area contributed by atoms with Gasteiger partial charge >= 0.3 is 0 Å². The number of anilines is 1. The summed E-state index contributed by atoms with van der Waals surface area (Å²) in [6.07, 6.45) is 1.58. The summed E-state index contributed by atoms with van der Waals surface area (Å²) in [6.45, 7) is 4.09. The van der Waals surface area contributed by atoms with Crippen LogP contribution in [0.2, 0.25) is 5.02 Å². The third-order valence-corrected chi connectivity index (χ3v) is 5.89. The Hall–Kier alpha value is -2.58. The molecule has 2 heterocycles. The number of carbonyl (C=O) groups is 1. The molecule has 7 nitrogen and oxygen atoms in total. The third kappa shape index (κ3) is 3.83. The lowest BCUT2D eigenvalue weighted by Gasteiger charge is -2.13. The summed E-state index contributed by atoms with van der Waals surface area (Å²) >= 11 is 7.62. The van der Waals surface area contributed by atoms with Crippen molar-refractivity contribution in [2.75, 3.05) is 19.5 Å². The summed E-state index contributed by atoms with van der Waals surface area (Å²) in [4.78, 5) is 31.2. The SMILES string of the molecule is COc1cc(OC)c(NC(=O)CCn2cnc3sc(C)c(C)c3c2=O)cc1Cl. The fourth-order valence-electron chi connectivity index (χ4n) is 2.82. The number of thiophene rings is 1. The van der Waals surface area contributed by atoms with Gasteiger partial charge in [-0.15, -0.1) is 11.3 Å². The summed E-state index contributed by atoms with van der Waals surface area (Å²) < 4.78 is 11.9. The number of ether oxygens (including phenoxy) is 2. The van der Waals surface area contributed by atoms with E-state index in [0.717, 1.165) is 15.3 Å². The van der Waals surface area contributed by atoms with Crippen molar-refractivity contribution in [3.05, 3.63) is 44.3 Å². The number of rotatable bonds is 6. The quantitative estimate of drug-likeness (QED) is 0.655. The summed E-state index contributed by atoms with van der Waals surface area (Å²) in [5, 5.41) is 3.73. The fourth-order valence-corrected chi connectivity index (χ4v) is 4.05. The predicted octanol–water partition coefficient (Wildman–Crippen LogP) is 3.77. The van der Waals surface area contributed by atoms with Gasteiger partial charge in [-0.3, -0.25) is 14.2 Å². The summed E-state index contributed by atoms with van der Waals surface area (Å²) in [5.41, 5.74) is 1.24. The predicted molar refractivity (Wildman–Crippen MR) is 111 cm³/mol. The number of hydrogen-bond donors (Lipinski definition) is 1. The van der Waals surface area contributed by atoms with Crippen LogP contribution >= 0.6 is 22.9 Å². The van der Waals surface area contributed by atoms with Crippen LogP contribution in [0, 0.1) is 13.8 Å². The normalized spacial score (nSPS) is 10.9. The maximum atomic E-state index is 12.7. The molecule has 0 aliphatic heterocycles. The molecule has 1 N–H and O–H groups in total. The van der Waals surface area contributed by atoms with E-state index in [0.29, 0.717) is 27.6 Å². The number of amides is 1. The molecule has 0 atom stereocenters. The Balaban J connectivity index is 1.76. The molecule has 3 rings (SSSR count). The maximum absolute atomic E-state index is 12.7. The zero-order valence-corrected chi connectivity index (χ0v) is 17.5. The minimum absolute atomic E-state index is 0.0993. The number of halogens is 1. The van der Waals surface area contributed by atoms with Crippen LogP contribution in [0.3, 0.4) is 0 Å². The van der Waals surface area contributed by atoms with Gasteiger partial charge in [0.25, 0.3) is 5.56 Å². The van der Waals surface area contributed by atoms with Gasteiger partial charge in [-0.05, 0) is 25.5 Å². The molecule has 28 heavy (non-hydrogen) atoms. The molecule has 148 valence electrons. The van der Waals surface area contributed by atoms with E-state index in [2.05, 4.69) is 10.3 Å². The van der Waals surface area contributed by atoms with Gasteiger partial charge in [0.15, 0.2) is 0 Å². The molecule has 0 aliphatic rings. The first-order valence-corrected chi connectivity index (χ1v) is 9.71. The molecule has 3 aromatic rings. The van der Waals surface area contributed by atoms with Crippen LogP contribution in [-0.2, 0) is 11.3 Å². The molecule has 0 bridgehead atoms. The molecular weight excluding hydrogens is 402 g/mol. The van der Waals surface area contributed by atoms with Gasteiger partial charge in [0, 0.05) is 23.9 Å². The number of nitrogens with one attached hydrogen (secondary N) is 1. The largest absolute Gasteiger partial charge is 0.495 e. The van der Waals surface area contributed by atoms with Crippen molar-refractivity contribution < 1.29 is 14.3 Å². The van der Waals surface area contributed by atoms with Crippen LogP contribution in [0.25, 0.3) is 10.2 Å². The number of nitrogens with zero attached hydrogens (tertiary/aromatic N) is 2. The third-order valence-electron chi connectivity index (χ3n) is 4.48. The van der Waals surface area contributed by atoms with E-state index in [1.807, 2.05) is 13.8 Å². The molecule has 0 fully saturated rings. The number of methoxy groups -OCH3 is 2. The van der Waals surface area contributed by atoms with Crippen molar-refractivity contribution in [1.29, 1.82) is 0 Å². The number of aryl methyl sites for hydroxylation is 3. The highest BCUT2D eigenvalue weighted by Crippen LogP contribution is 2.36. The van der Waals surface area contributed by atoms with E-state index < -0.39 is 0 Å². The molecule has 2 aromatic heterocycles. The van der Waals surface area contributed by atoms with Crippen molar-refractivity contribution in [2.24, 2.45) is 0 Å². The van der Waals surface area contributed by atoms with Gasteiger partial charge in [-0.2, -0.15) is 0 Å². The molecule has 1 aromatic carbocycles. The van der Waals surface area contributed by atoms with Crippen LogP contribution in [0.4, 0.5) is 5.69 Å². The minimum Gasteiger partial charge on any atom is -0.495 e. The van der Waals surface area contributed by atoms with Gasteiger partial charge in [0.1, 0.15) is 16.3 Å². The first-order valence-electron chi connectivity index (χ1n) is 8.52. The van der Waals surface area contributed by atoms with E-state index in [4.69, 9.17) is 21.1 Å². The van der Waals surface area contributed by atoms with Crippen LogP contribution in [0.15, 0.2) is 23.3 Å². The van der Waals surface area contributed by atoms with Crippen molar-refractivity contribution in [3.8, 4) is 11.5 Å². The Kier molecular flexibility index (Phi) is 5.90. The molecule has 0 aliphatic carbocycles. The minimum atomic E-state index is -0.273. The number of hydrogen-bond acceptors (Lipinski definition) is 6. The Morgan fingerprint density at radius 1 is 1.25 bits per heavy atom. The highest BCUT2D eigenvalue weighted by molar-refractivity contribution is 7.18. The van der Waals surface area contributed by atoms with Crippen LogP contribution in [0.1, 0.15) is 16.9 Å². The zero-order chi connectivity index (χ0) is 20.4. The van der Waals surface area contributed by atoms with E-state index >= 15 is 0 Å². The molecule has 0 saturated heterocycles. The maximum Gasteiger partial charge on any atom is 0.262 e. The molecule has 0 saturated carbocycles. The number of carbonyl (C=O) groups excluding carboxylic acids is 1. The number of benzene rings is 1. The molecule has 0 unspecified atom stereocenters. The lowest BCUT2D eigenvalue weighted by Crippen LogP contribution is -2.23. The van der Waals surface area contributed by atoms with Crippen molar-refractivity contribution in [3.63, 3.8) is 0 Å². The van der Waals surface area contributed by atoms with E-state index in [1.165, 1.54) is 36.5 Å². The smallest absolute Gasteiger partial charge is 0.262 e. The van der Waals surface area contributed by atoms with Crippen molar-refractivity contribution >= 4 is 44.7 Å². The standard InChI is InChI=1S/C19H20ClN3O4S/c1-10-11(2)28-18-17(10)19(25)23(9-21-18)6-5-16(24)22-13-7-12(20)14(26-3)8-15(13)27-4/h7-9H,5-6H2,1-4H3,(H,22,24). The first kappa shape index (κ1) is 20.2. The highest BCUT2D eigenvalue weighted by Gasteiger charge is 2.15. The number of fused-ring (bicyclic) bond motifs is 1. The van der Waals surface area contributed by atoms with Crippen LogP contribution in [0.5, 0.6) is 11.5 Å². The van der Waals surface area contributed by atoms with Crippen molar-refractivity contribution in [1.82, 2.24) is 9.55 Å². The molecule has 9 heteroatoms. The summed E-state index contributed by atoms with van der Waals surface area (Å²) in [5.74, 6) is 0.604. The summed E-state index contributed by atoms with van der Waals surface area (Å²) in [7, 11) is 2.99. The van der Waals surface area contributed by atoms with E-state index in [9.17, 15) is 9.59 Å². The Labute approximate surface area is 170 Å². The van der Waals surface area contributed by atoms with Crippen LogP contribution in [-0.4, -0.2) is 29.7 Å². The molecule has 0 radical (unpaired) electrons. The second-order valence-corrected chi connectivity index (χ2v) is 7.80. The van der Waals surface area contributed by atoms with Gasteiger partial charge in [-0.1, -0.05) is 11.6 Å². The number of aromatic nitrogens is 2. The molecule has 0 spiro atoms. The average Bonchev–Trinajstić information content (AvgIpc) is 2.96. The average molecular weight is 422 g/mol. The first-order chi connectivity index (χ1) is 13.3. The van der Waals surface area contributed by atoms with Crippen LogP contribution < -0.4 is 20.3 Å². The molecular formula is C19H20ClN3O4S. The molecule has 1 amide bonds. The topological polar surface area (TPSA) is 82.4 Å². The zero-order valence-electron chi connectivity index (χ0n) is 16.0. The monoisotopic (exact) mass is 421 g/mol. The van der Waals surface area contributed by atoms with Crippen molar-refractivity contribution in [2.45, 2.75) is 26.8 Å². The highest BCUT2D eigenvalue weighted by atomic mass is 35.5. The Morgan fingerprint density at radius 2 is 1.96 bits per heavy atom. The van der Waals surface area contributed by atoms with Gasteiger partial charge in [0.2, 0.25) is 5.91 Å². The van der Waals surface area contributed by atoms with Gasteiger partial charge in [0.05, 0.1) is 36.6 Å². The Morgan fingerprint density at radius 3 is 2.64 bits per heavy atom. The Bertz CT molecular complexity index is 1110. The second kappa shape index (κ2) is 8.20. The lowest BCUT2D eigenvalue weighted by atomic mass is 10.2. The second-order valence-electron chi connectivity index (χ2n) is 6.19. The van der Waals surface area contributed by atoms with E-state index in [-0.39, 0.29) is 24.4 Å². The van der Waals surface area contributed by atoms with E-state index in [1.54, 1.807) is 12.1 Å². The lowest BCUT2D eigenvalue weighted by molar-refractivity contribution is -0.116. The van der Waals surface area contributed by atoms with Gasteiger partial charge < -0.3 is 14.8 Å². The fraction of sp³-hybridized carbons (Fsp3) is 0.316.